The normalized spacial score (nSPS) is 13.4. The number of hydrogen-bond donors (Lipinski definition) is 2. The maximum atomic E-state index is 12.1. The smallest absolute Gasteiger partial charge is 0.251 e. The number of benzene rings is 1. The van der Waals surface area contributed by atoms with Crippen LogP contribution in [0, 0.1) is 0 Å². The predicted octanol–water partition coefficient (Wildman–Crippen LogP) is 1.62. The van der Waals surface area contributed by atoms with Gasteiger partial charge < -0.3 is 24.5 Å². The summed E-state index contributed by atoms with van der Waals surface area (Å²) in [6.07, 6.45) is 1.54. The Hall–Kier alpha value is -2.96. The van der Waals surface area contributed by atoms with Crippen molar-refractivity contribution in [1.29, 1.82) is 0 Å². The van der Waals surface area contributed by atoms with Gasteiger partial charge in [0.1, 0.15) is 5.76 Å². The fourth-order valence-electron chi connectivity index (χ4n) is 2.20. The van der Waals surface area contributed by atoms with Crippen LogP contribution in [0.1, 0.15) is 29.1 Å². The largest absolute Gasteiger partial charge is 0.467 e. The van der Waals surface area contributed by atoms with Crippen molar-refractivity contribution in [1.82, 2.24) is 10.6 Å². The lowest BCUT2D eigenvalue weighted by Gasteiger charge is -2.12. The van der Waals surface area contributed by atoms with E-state index < -0.39 is 0 Å². The van der Waals surface area contributed by atoms with E-state index in [-0.39, 0.29) is 31.2 Å². The number of furan rings is 1. The molecule has 0 spiro atoms. The van der Waals surface area contributed by atoms with Crippen molar-refractivity contribution in [3.63, 3.8) is 0 Å². The first-order valence-corrected chi connectivity index (χ1v) is 7.14. The fourth-order valence-corrected chi connectivity index (χ4v) is 2.20. The highest BCUT2D eigenvalue weighted by atomic mass is 16.7. The van der Waals surface area contributed by atoms with Crippen LogP contribution in [0.2, 0.25) is 0 Å². The average Bonchev–Trinajstić information content (AvgIpc) is 3.22. The van der Waals surface area contributed by atoms with E-state index in [2.05, 4.69) is 10.6 Å². The van der Waals surface area contributed by atoms with Crippen molar-refractivity contribution in [2.75, 3.05) is 13.3 Å². The van der Waals surface area contributed by atoms with Crippen LogP contribution in [0.3, 0.4) is 0 Å². The number of carbonyl (C=O) groups excluding carboxylic acids is 2. The Morgan fingerprint density at radius 1 is 1.22 bits per heavy atom. The molecular formula is C16H16N2O5. The van der Waals surface area contributed by atoms with Crippen LogP contribution in [0.4, 0.5) is 0 Å². The third-order valence-corrected chi connectivity index (χ3v) is 3.39. The number of amides is 2. The third kappa shape index (κ3) is 3.45. The first-order chi connectivity index (χ1) is 11.1. The Morgan fingerprint density at radius 3 is 2.83 bits per heavy atom. The summed E-state index contributed by atoms with van der Waals surface area (Å²) in [5.74, 6) is 1.12. The maximum Gasteiger partial charge on any atom is 0.251 e. The van der Waals surface area contributed by atoms with Gasteiger partial charge in [-0.1, -0.05) is 0 Å². The Bertz CT molecular complexity index is 711. The Balaban J connectivity index is 1.51. The molecule has 120 valence electrons. The van der Waals surface area contributed by atoms with Crippen molar-refractivity contribution >= 4 is 11.8 Å². The van der Waals surface area contributed by atoms with E-state index in [1.54, 1.807) is 43.5 Å². The van der Waals surface area contributed by atoms with E-state index in [1.807, 2.05) is 0 Å². The third-order valence-electron chi connectivity index (χ3n) is 3.39. The van der Waals surface area contributed by atoms with Gasteiger partial charge >= 0.3 is 0 Å². The predicted molar refractivity (Wildman–Crippen MR) is 80.2 cm³/mol. The van der Waals surface area contributed by atoms with Crippen LogP contribution in [-0.4, -0.2) is 25.2 Å². The molecule has 2 amide bonds. The zero-order valence-electron chi connectivity index (χ0n) is 12.5. The van der Waals surface area contributed by atoms with Gasteiger partial charge in [0.15, 0.2) is 11.5 Å². The molecule has 0 aliphatic carbocycles. The topological polar surface area (TPSA) is 89.8 Å². The number of hydrogen-bond acceptors (Lipinski definition) is 5. The molecule has 1 aromatic carbocycles. The summed E-state index contributed by atoms with van der Waals surface area (Å²) in [6, 6.07) is 8.12. The number of carbonyl (C=O) groups is 2. The Kier molecular flexibility index (Phi) is 4.18. The van der Waals surface area contributed by atoms with Crippen molar-refractivity contribution in [3.05, 3.63) is 47.9 Å². The molecule has 1 unspecified atom stereocenters. The Labute approximate surface area is 132 Å². The molecule has 1 aliphatic heterocycles. The molecule has 1 atom stereocenters. The van der Waals surface area contributed by atoms with Crippen molar-refractivity contribution < 1.29 is 23.5 Å². The minimum absolute atomic E-state index is 0.127. The van der Waals surface area contributed by atoms with E-state index in [9.17, 15) is 9.59 Å². The van der Waals surface area contributed by atoms with Gasteiger partial charge in [0, 0.05) is 5.56 Å². The van der Waals surface area contributed by atoms with E-state index in [0.717, 1.165) is 0 Å². The standard InChI is InChI=1S/C16H16N2O5/c1-10(12-3-2-6-21-12)18-15(19)8-17-16(20)11-4-5-13-14(7-11)23-9-22-13/h2-7,10H,8-9H2,1H3,(H,17,20)(H,18,19). The average molecular weight is 316 g/mol. The maximum absolute atomic E-state index is 12.1. The quantitative estimate of drug-likeness (QED) is 0.875. The highest BCUT2D eigenvalue weighted by Crippen LogP contribution is 2.32. The van der Waals surface area contributed by atoms with Gasteiger partial charge in [0.25, 0.3) is 5.91 Å². The van der Waals surface area contributed by atoms with Gasteiger partial charge in [0.05, 0.1) is 18.8 Å². The van der Waals surface area contributed by atoms with Gasteiger partial charge in [-0.05, 0) is 37.3 Å². The fraction of sp³-hybridized carbons (Fsp3) is 0.250. The van der Waals surface area contributed by atoms with Crippen molar-refractivity contribution in [2.24, 2.45) is 0 Å². The van der Waals surface area contributed by atoms with E-state index in [4.69, 9.17) is 13.9 Å². The van der Waals surface area contributed by atoms with Crippen LogP contribution >= 0.6 is 0 Å². The molecule has 2 heterocycles. The van der Waals surface area contributed by atoms with E-state index in [1.165, 1.54) is 0 Å². The second-order valence-corrected chi connectivity index (χ2v) is 5.06. The first kappa shape index (κ1) is 15.0. The molecule has 7 nitrogen and oxygen atoms in total. The number of ether oxygens (including phenoxy) is 2. The molecule has 0 radical (unpaired) electrons. The highest BCUT2D eigenvalue weighted by molar-refractivity contribution is 5.97. The van der Waals surface area contributed by atoms with Crippen molar-refractivity contribution in [3.8, 4) is 11.5 Å². The van der Waals surface area contributed by atoms with Gasteiger partial charge in [-0.15, -0.1) is 0 Å². The molecule has 0 saturated carbocycles. The number of fused-ring (bicyclic) bond motifs is 1. The minimum atomic E-state index is -0.357. The van der Waals surface area contributed by atoms with E-state index in [0.29, 0.717) is 22.8 Å². The van der Waals surface area contributed by atoms with E-state index >= 15 is 0 Å². The zero-order chi connectivity index (χ0) is 16.2. The van der Waals surface area contributed by atoms with Gasteiger partial charge in [-0.2, -0.15) is 0 Å². The zero-order valence-corrected chi connectivity index (χ0v) is 12.5. The molecule has 7 heteroatoms. The molecule has 2 N–H and O–H groups in total. The molecule has 0 fully saturated rings. The van der Waals surface area contributed by atoms with Crippen molar-refractivity contribution in [2.45, 2.75) is 13.0 Å². The molecule has 0 bridgehead atoms. The monoisotopic (exact) mass is 316 g/mol. The lowest BCUT2D eigenvalue weighted by atomic mass is 10.2. The molecule has 23 heavy (non-hydrogen) atoms. The summed E-state index contributed by atoms with van der Waals surface area (Å²) in [6.45, 7) is 1.82. The van der Waals surface area contributed by atoms with Crippen LogP contribution in [-0.2, 0) is 4.79 Å². The van der Waals surface area contributed by atoms with Crippen LogP contribution < -0.4 is 20.1 Å². The molecular weight excluding hydrogens is 300 g/mol. The molecule has 2 aromatic rings. The summed E-state index contributed by atoms with van der Waals surface area (Å²) in [4.78, 5) is 23.9. The number of rotatable bonds is 5. The number of nitrogens with one attached hydrogen (secondary N) is 2. The molecule has 3 rings (SSSR count). The van der Waals surface area contributed by atoms with Crippen LogP contribution in [0.25, 0.3) is 0 Å². The summed E-state index contributed by atoms with van der Waals surface area (Å²) >= 11 is 0. The van der Waals surface area contributed by atoms with Gasteiger partial charge in [-0.3, -0.25) is 9.59 Å². The summed E-state index contributed by atoms with van der Waals surface area (Å²) < 4.78 is 15.6. The van der Waals surface area contributed by atoms with Gasteiger partial charge in [-0.25, -0.2) is 0 Å². The second kappa shape index (κ2) is 6.43. The lowest BCUT2D eigenvalue weighted by molar-refractivity contribution is -0.120. The lowest BCUT2D eigenvalue weighted by Crippen LogP contribution is -2.37. The summed E-state index contributed by atoms with van der Waals surface area (Å²) in [5.41, 5.74) is 0.404. The minimum Gasteiger partial charge on any atom is -0.467 e. The molecule has 0 saturated heterocycles. The molecule has 1 aliphatic rings. The SMILES string of the molecule is CC(NC(=O)CNC(=O)c1ccc2c(c1)OCO2)c1ccco1. The van der Waals surface area contributed by atoms with Crippen LogP contribution in [0.15, 0.2) is 41.0 Å². The van der Waals surface area contributed by atoms with Crippen LogP contribution in [0.5, 0.6) is 11.5 Å². The van der Waals surface area contributed by atoms with Gasteiger partial charge in [0.2, 0.25) is 12.7 Å². The second-order valence-electron chi connectivity index (χ2n) is 5.06. The summed E-state index contributed by atoms with van der Waals surface area (Å²) in [5, 5.41) is 5.30. The Morgan fingerprint density at radius 2 is 2.04 bits per heavy atom. The first-order valence-electron chi connectivity index (χ1n) is 7.14. The summed E-state index contributed by atoms with van der Waals surface area (Å²) in [7, 11) is 0. The molecule has 1 aromatic heterocycles. The highest BCUT2D eigenvalue weighted by Gasteiger charge is 2.17.